The number of pyridine rings is 1. The molecule has 0 saturated heterocycles. The first-order chi connectivity index (χ1) is 7.63. The summed E-state index contributed by atoms with van der Waals surface area (Å²) in [5.74, 6) is -0.117. The van der Waals surface area contributed by atoms with Crippen LogP contribution in [0.3, 0.4) is 0 Å². The molecule has 2 heterocycles. The molecular weight excluding hydrogens is 204 g/mol. The number of hydrogen-bond acceptors (Lipinski definition) is 4. The second kappa shape index (κ2) is 3.92. The van der Waals surface area contributed by atoms with Crippen LogP contribution in [0, 0.1) is 5.92 Å². The van der Waals surface area contributed by atoms with E-state index in [4.69, 9.17) is 5.73 Å². The standard InChI is InChI=1S/C11H14N4O/c1-3-10-7(2)14-15(11(10)16)9-4-8(12)5-13-6-9/h4-6,10H,3,12H2,1-2H3/t10-/m1/s1. The van der Waals surface area contributed by atoms with Crippen LogP contribution in [0.1, 0.15) is 20.3 Å². The minimum Gasteiger partial charge on any atom is -0.397 e. The Labute approximate surface area is 94.0 Å². The van der Waals surface area contributed by atoms with Crippen molar-refractivity contribution in [1.82, 2.24) is 4.98 Å². The van der Waals surface area contributed by atoms with Gasteiger partial charge in [-0.25, -0.2) is 0 Å². The third-order valence-electron chi connectivity index (χ3n) is 2.67. The van der Waals surface area contributed by atoms with Gasteiger partial charge in [0.15, 0.2) is 0 Å². The zero-order valence-corrected chi connectivity index (χ0v) is 9.34. The molecule has 2 rings (SSSR count). The Hall–Kier alpha value is -1.91. The van der Waals surface area contributed by atoms with Gasteiger partial charge in [0.2, 0.25) is 0 Å². The molecule has 1 aliphatic rings. The zero-order chi connectivity index (χ0) is 11.7. The fourth-order valence-corrected chi connectivity index (χ4v) is 1.82. The van der Waals surface area contributed by atoms with Crippen LogP contribution < -0.4 is 10.7 Å². The normalized spacial score (nSPS) is 20.1. The molecule has 1 aliphatic heterocycles. The molecule has 1 aromatic rings. The molecule has 5 heteroatoms. The summed E-state index contributed by atoms with van der Waals surface area (Å²) in [4.78, 5) is 16.0. The molecule has 2 N–H and O–H groups in total. The van der Waals surface area contributed by atoms with Gasteiger partial charge in [0.25, 0.3) is 5.91 Å². The van der Waals surface area contributed by atoms with Gasteiger partial charge in [0.05, 0.1) is 23.5 Å². The molecule has 0 bridgehead atoms. The summed E-state index contributed by atoms with van der Waals surface area (Å²) in [6.45, 7) is 3.84. The highest BCUT2D eigenvalue weighted by molar-refractivity contribution is 6.14. The number of amides is 1. The average molecular weight is 218 g/mol. The topological polar surface area (TPSA) is 71.6 Å². The lowest BCUT2D eigenvalue weighted by atomic mass is 10.0. The Kier molecular flexibility index (Phi) is 2.60. The second-order valence-electron chi connectivity index (χ2n) is 3.83. The van der Waals surface area contributed by atoms with Crippen LogP contribution in [-0.2, 0) is 4.79 Å². The summed E-state index contributed by atoms with van der Waals surface area (Å²) in [6.07, 6.45) is 3.89. The predicted octanol–water partition coefficient (Wildman–Crippen LogP) is 1.41. The quantitative estimate of drug-likeness (QED) is 0.815. The minimum absolute atomic E-state index is 0.00704. The summed E-state index contributed by atoms with van der Waals surface area (Å²) in [6, 6.07) is 1.69. The molecule has 0 unspecified atom stereocenters. The number of carbonyl (C=O) groups excluding carboxylic acids is 1. The SMILES string of the molecule is CC[C@H]1C(=O)N(c2cncc(N)c2)N=C1C. The highest BCUT2D eigenvalue weighted by atomic mass is 16.2. The lowest BCUT2D eigenvalue weighted by molar-refractivity contribution is -0.119. The van der Waals surface area contributed by atoms with Crippen molar-refractivity contribution >= 4 is 23.0 Å². The maximum atomic E-state index is 12.0. The van der Waals surface area contributed by atoms with Gasteiger partial charge in [0.1, 0.15) is 0 Å². The van der Waals surface area contributed by atoms with E-state index in [0.29, 0.717) is 11.4 Å². The van der Waals surface area contributed by atoms with Crippen LogP contribution in [0.5, 0.6) is 0 Å². The summed E-state index contributed by atoms with van der Waals surface area (Å²) in [7, 11) is 0. The second-order valence-corrected chi connectivity index (χ2v) is 3.83. The molecule has 0 spiro atoms. The molecule has 0 fully saturated rings. The maximum absolute atomic E-state index is 12.0. The van der Waals surface area contributed by atoms with Crippen LogP contribution in [-0.4, -0.2) is 16.6 Å². The molecule has 1 aromatic heterocycles. The van der Waals surface area contributed by atoms with Crippen LogP contribution in [0.4, 0.5) is 11.4 Å². The predicted molar refractivity (Wildman–Crippen MR) is 63.0 cm³/mol. The van der Waals surface area contributed by atoms with Crippen molar-refractivity contribution in [3.8, 4) is 0 Å². The number of nitrogens with two attached hydrogens (primary N) is 1. The fourth-order valence-electron chi connectivity index (χ4n) is 1.82. The van der Waals surface area contributed by atoms with Gasteiger partial charge in [-0.15, -0.1) is 0 Å². The number of aromatic nitrogens is 1. The number of carbonyl (C=O) groups is 1. The van der Waals surface area contributed by atoms with E-state index in [0.717, 1.165) is 12.1 Å². The molecule has 0 radical (unpaired) electrons. The van der Waals surface area contributed by atoms with E-state index in [1.807, 2.05) is 13.8 Å². The summed E-state index contributed by atoms with van der Waals surface area (Å²) >= 11 is 0. The third kappa shape index (κ3) is 1.64. The van der Waals surface area contributed by atoms with E-state index in [-0.39, 0.29) is 11.8 Å². The summed E-state index contributed by atoms with van der Waals surface area (Å²) < 4.78 is 0. The van der Waals surface area contributed by atoms with Crippen LogP contribution in [0.2, 0.25) is 0 Å². The Morgan fingerprint density at radius 1 is 1.50 bits per heavy atom. The van der Waals surface area contributed by atoms with Gasteiger partial charge in [-0.3, -0.25) is 9.78 Å². The Balaban J connectivity index is 2.34. The Morgan fingerprint density at radius 2 is 2.25 bits per heavy atom. The van der Waals surface area contributed by atoms with Gasteiger partial charge < -0.3 is 5.73 Å². The Bertz CT molecular complexity index is 455. The molecule has 5 nitrogen and oxygen atoms in total. The van der Waals surface area contributed by atoms with E-state index in [1.165, 1.54) is 11.2 Å². The highest BCUT2D eigenvalue weighted by Gasteiger charge is 2.32. The lowest BCUT2D eigenvalue weighted by Gasteiger charge is -2.13. The first-order valence-electron chi connectivity index (χ1n) is 5.23. The smallest absolute Gasteiger partial charge is 0.256 e. The first kappa shape index (κ1) is 10.6. The molecular formula is C11H14N4O. The number of hydrazone groups is 1. The van der Waals surface area contributed by atoms with E-state index >= 15 is 0 Å². The van der Waals surface area contributed by atoms with Crippen molar-refractivity contribution in [2.24, 2.45) is 11.0 Å². The molecule has 1 atom stereocenters. The van der Waals surface area contributed by atoms with E-state index in [1.54, 1.807) is 12.3 Å². The minimum atomic E-state index is -0.110. The van der Waals surface area contributed by atoms with Crippen LogP contribution in [0.15, 0.2) is 23.6 Å². The maximum Gasteiger partial charge on any atom is 0.256 e. The van der Waals surface area contributed by atoms with Crippen LogP contribution in [0.25, 0.3) is 0 Å². The van der Waals surface area contributed by atoms with Crippen molar-refractivity contribution in [3.63, 3.8) is 0 Å². The van der Waals surface area contributed by atoms with E-state index in [9.17, 15) is 4.79 Å². The van der Waals surface area contributed by atoms with Crippen molar-refractivity contribution in [2.75, 3.05) is 10.7 Å². The monoisotopic (exact) mass is 218 g/mol. The Morgan fingerprint density at radius 3 is 2.81 bits per heavy atom. The van der Waals surface area contributed by atoms with Crippen LogP contribution >= 0.6 is 0 Å². The van der Waals surface area contributed by atoms with Gasteiger partial charge in [0, 0.05) is 11.9 Å². The van der Waals surface area contributed by atoms with E-state index in [2.05, 4.69) is 10.1 Å². The third-order valence-corrected chi connectivity index (χ3v) is 2.67. The van der Waals surface area contributed by atoms with Gasteiger partial charge >= 0.3 is 0 Å². The van der Waals surface area contributed by atoms with Gasteiger partial charge in [-0.05, 0) is 19.4 Å². The van der Waals surface area contributed by atoms with Crippen molar-refractivity contribution < 1.29 is 4.79 Å². The summed E-state index contributed by atoms with van der Waals surface area (Å²) in [5.41, 5.74) is 7.62. The first-order valence-corrected chi connectivity index (χ1v) is 5.23. The van der Waals surface area contributed by atoms with Crippen molar-refractivity contribution in [2.45, 2.75) is 20.3 Å². The zero-order valence-electron chi connectivity index (χ0n) is 9.34. The lowest BCUT2D eigenvalue weighted by Crippen LogP contribution is -2.26. The van der Waals surface area contributed by atoms with Crippen molar-refractivity contribution in [1.29, 1.82) is 0 Å². The van der Waals surface area contributed by atoms with Gasteiger partial charge in [-0.2, -0.15) is 10.1 Å². The van der Waals surface area contributed by atoms with Crippen molar-refractivity contribution in [3.05, 3.63) is 18.5 Å². The highest BCUT2D eigenvalue weighted by Crippen LogP contribution is 2.25. The van der Waals surface area contributed by atoms with Gasteiger partial charge in [-0.1, -0.05) is 6.92 Å². The largest absolute Gasteiger partial charge is 0.397 e. The summed E-state index contributed by atoms with van der Waals surface area (Å²) in [5, 5.41) is 5.62. The number of nitrogen functional groups attached to an aromatic ring is 1. The number of anilines is 2. The molecule has 84 valence electrons. The number of hydrogen-bond donors (Lipinski definition) is 1. The molecule has 0 aliphatic carbocycles. The molecule has 0 saturated carbocycles. The molecule has 16 heavy (non-hydrogen) atoms. The number of nitrogens with zero attached hydrogens (tertiary/aromatic N) is 3. The number of rotatable bonds is 2. The average Bonchev–Trinajstić information content (AvgIpc) is 2.54. The molecule has 1 amide bonds. The molecule has 0 aromatic carbocycles. The van der Waals surface area contributed by atoms with E-state index < -0.39 is 0 Å². The fraction of sp³-hybridized carbons (Fsp3) is 0.364.